The van der Waals surface area contributed by atoms with Gasteiger partial charge in [0.25, 0.3) is 5.91 Å². The fourth-order valence-electron chi connectivity index (χ4n) is 3.00. The number of methoxy groups -OCH3 is 1. The second kappa shape index (κ2) is 7.61. The Hall–Kier alpha value is -1.90. The van der Waals surface area contributed by atoms with Crippen molar-refractivity contribution in [3.63, 3.8) is 0 Å². The quantitative estimate of drug-likeness (QED) is 0.255. The molecule has 0 aromatic heterocycles. The molecule has 0 bridgehead atoms. The molecule has 4 rings (SSSR count). The number of rotatable bonds is 3. The van der Waals surface area contributed by atoms with Gasteiger partial charge in [0.15, 0.2) is 4.32 Å². The van der Waals surface area contributed by atoms with E-state index in [4.69, 9.17) is 17.0 Å². The minimum atomic E-state index is -0.0906. The highest BCUT2D eigenvalue weighted by Gasteiger charge is 2.34. The number of thioether (sulfide) groups is 1. The lowest BCUT2D eigenvalue weighted by Gasteiger charge is -2.17. The number of hydrogen-bond donors (Lipinski definition) is 0. The number of nitrogens with zero attached hydrogens (tertiary/aromatic N) is 1. The van der Waals surface area contributed by atoms with Gasteiger partial charge in [-0.15, -0.1) is 0 Å². The molecule has 1 amide bonds. The number of carbonyl (C=O) groups is 1. The molecule has 1 aliphatic rings. The van der Waals surface area contributed by atoms with Crippen LogP contribution in [0.2, 0.25) is 0 Å². The van der Waals surface area contributed by atoms with Crippen molar-refractivity contribution in [2.24, 2.45) is 0 Å². The van der Waals surface area contributed by atoms with Gasteiger partial charge in [-0.1, -0.05) is 66.4 Å². The summed E-state index contributed by atoms with van der Waals surface area (Å²) in [6.07, 6.45) is 1.88. The van der Waals surface area contributed by atoms with Crippen molar-refractivity contribution in [1.82, 2.24) is 0 Å². The minimum Gasteiger partial charge on any atom is -0.496 e. The Morgan fingerprint density at radius 3 is 2.67 bits per heavy atom. The van der Waals surface area contributed by atoms with E-state index in [1.54, 1.807) is 12.0 Å². The van der Waals surface area contributed by atoms with E-state index in [-0.39, 0.29) is 5.91 Å². The van der Waals surface area contributed by atoms with Crippen LogP contribution in [0.15, 0.2) is 65.6 Å². The molecule has 0 aliphatic carbocycles. The molecule has 134 valence electrons. The average molecular weight is 503 g/mol. The van der Waals surface area contributed by atoms with Crippen molar-refractivity contribution in [3.8, 4) is 5.75 Å². The maximum absolute atomic E-state index is 13.1. The first-order valence-electron chi connectivity index (χ1n) is 8.18. The van der Waals surface area contributed by atoms with Gasteiger partial charge in [0, 0.05) is 5.39 Å². The van der Waals surface area contributed by atoms with Gasteiger partial charge in [-0.2, -0.15) is 0 Å². The van der Waals surface area contributed by atoms with Crippen LogP contribution in [0.1, 0.15) is 5.56 Å². The van der Waals surface area contributed by atoms with Gasteiger partial charge in [-0.25, -0.2) is 0 Å². The number of amides is 1. The molecular formula is C21H14INO2S2. The monoisotopic (exact) mass is 503 g/mol. The van der Waals surface area contributed by atoms with E-state index >= 15 is 0 Å². The van der Waals surface area contributed by atoms with Crippen LogP contribution in [-0.2, 0) is 4.79 Å². The lowest BCUT2D eigenvalue weighted by Crippen LogP contribution is -2.27. The molecule has 1 fully saturated rings. The third-order valence-corrected chi connectivity index (χ3v) is 6.42. The summed E-state index contributed by atoms with van der Waals surface area (Å²) in [5.41, 5.74) is 1.77. The van der Waals surface area contributed by atoms with Crippen molar-refractivity contribution in [1.29, 1.82) is 0 Å². The maximum Gasteiger partial charge on any atom is 0.270 e. The van der Waals surface area contributed by atoms with Crippen molar-refractivity contribution < 1.29 is 9.53 Å². The van der Waals surface area contributed by atoms with Crippen LogP contribution in [0.5, 0.6) is 5.75 Å². The molecule has 1 heterocycles. The molecular weight excluding hydrogens is 489 g/mol. The molecule has 3 aromatic carbocycles. The third kappa shape index (κ3) is 3.49. The normalized spacial score (nSPS) is 15.8. The van der Waals surface area contributed by atoms with E-state index in [1.807, 2.05) is 66.7 Å². The third-order valence-electron chi connectivity index (χ3n) is 4.27. The number of benzene rings is 3. The molecule has 3 nitrogen and oxygen atoms in total. The summed E-state index contributed by atoms with van der Waals surface area (Å²) in [4.78, 5) is 15.3. The summed E-state index contributed by atoms with van der Waals surface area (Å²) in [7, 11) is 1.65. The summed E-state index contributed by atoms with van der Waals surface area (Å²) in [5.74, 6) is 0.725. The fraction of sp³-hybridized carbons (Fsp3) is 0.0476. The highest BCUT2D eigenvalue weighted by molar-refractivity contribution is 14.1. The summed E-state index contributed by atoms with van der Waals surface area (Å²) in [5, 5.41) is 2.09. The molecule has 0 radical (unpaired) electrons. The van der Waals surface area contributed by atoms with Crippen molar-refractivity contribution in [3.05, 3.63) is 74.7 Å². The maximum atomic E-state index is 13.1. The fourth-order valence-corrected chi connectivity index (χ4v) is 5.05. The molecule has 0 saturated carbocycles. The van der Waals surface area contributed by atoms with Gasteiger partial charge in [-0.3, -0.25) is 9.69 Å². The lowest BCUT2D eigenvalue weighted by atomic mass is 10.1. The smallest absolute Gasteiger partial charge is 0.270 e. The molecule has 0 N–H and O–H groups in total. The van der Waals surface area contributed by atoms with Crippen molar-refractivity contribution >= 4 is 79.3 Å². The lowest BCUT2D eigenvalue weighted by molar-refractivity contribution is -0.113. The topological polar surface area (TPSA) is 29.5 Å². The number of halogens is 1. The Kier molecular flexibility index (Phi) is 5.21. The number of thiocarbonyl (C=S) groups is 1. The van der Waals surface area contributed by atoms with Crippen molar-refractivity contribution in [2.75, 3.05) is 12.0 Å². The van der Waals surface area contributed by atoms with Gasteiger partial charge < -0.3 is 4.74 Å². The van der Waals surface area contributed by atoms with Gasteiger partial charge in [0.2, 0.25) is 0 Å². The number of carbonyl (C=O) groups excluding carboxylic acids is 1. The first-order valence-corrected chi connectivity index (χ1v) is 10.5. The Labute approximate surface area is 180 Å². The summed E-state index contributed by atoms with van der Waals surface area (Å²) in [6.45, 7) is 0. The zero-order valence-corrected chi connectivity index (χ0v) is 18.1. The second-order valence-corrected chi connectivity index (χ2v) is 8.75. The Morgan fingerprint density at radius 1 is 1.11 bits per heavy atom. The molecule has 6 heteroatoms. The highest BCUT2D eigenvalue weighted by Crippen LogP contribution is 2.39. The standard InChI is InChI=1S/C21H14INO2S2/c1-25-18-10-9-13(11-16(18)22)12-19-20(24)23(21(26)27-19)17-8-4-6-14-5-2-3-7-15(14)17/h2-12H,1H3/b19-12+. The van der Waals surface area contributed by atoms with Crippen LogP contribution in [0.4, 0.5) is 5.69 Å². The van der Waals surface area contributed by atoms with E-state index < -0.39 is 0 Å². The summed E-state index contributed by atoms with van der Waals surface area (Å²) in [6, 6.07) is 19.8. The first kappa shape index (κ1) is 18.5. The highest BCUT2D eigenvalue weighted by atomic mass is 127. The first-order chi connectivity index (χ1) is 13.1. The van der Waals surface area contributed by atoms with E-state index in [0.29, 0.717) is 9.23 Å². The van der Waals surface area contributed by atoms with E-state index in [2.05, 4.69) is 22.6 Å². The van der Waals surface area contributed by atoms with Gasteiger partial charge in [-0.05, 0) is 57.8 Å². The number of ether oxygens (including phenoxy) is 1. The molecule has 1 aliphatic heterocycles. The van der Waals surface area contributed by atoms with Gasteiger partial charge in [0.05, 0.1) is 21.3 Å². The van der Waals surface area contributed by atoms with Crippen LogP contribution < -0.4 is 9.64 Å². The van der Waals surface area contributed by atoms with E-state index in [0.717, 1.165) is 31.3 Å². The molecule has 0 unspecified atom stereocenters. The average Bonchev–Trinajstić information content (AvgIpc) is 2.95. The largest absolute Gasteiger partial charge is 0.496 e. The SMILES string of the molecule is COc1ccc(/C=C2/SC(=S)N(c3cccc4ccccc34)C2=O)cc1I. The molecule has 0 spiro atoms. The number of anilines is 1. The molecule has 3 aromatic rings. The zero-order valence-electron chi connectivity index (χ0n) is 14.3. The van der Waals surface area contributed by atoms with Gasteiger partial charge in [0.1, 0.15) is 5.75 Å². The zero-order chi connectivity index (χ0) is 19.0. The van der Waals surface area contributed by atoms with Crippen LogP contribution in [0.3, 0.4) is 0 Å². The molecule has 0 atom stereocenters. The van der Waals surface area contributed by atoms with E-state index in [9.17, 15) is 4.79 Å². The minimum absolute atomic E-state index is 0.0906. The Balaban J connectivity index is 1.73. The van der Waals surface area contributed by atoms with Crippen molar-refractivity contribution in [2.45, 2.75) is 0 Å². The van der Waals surface area contributed by atoms with Crippen LogP contribution in [-0.4, -0.2) is 17.3 Å². The predicted molar refractivity (Wildman–Crippen MR) is 125 cm³/mol. The van der Waals surface area contributed by atoms with E-state index in [1.165, 1.54) is 11.8 Å². The second-order valence-electron chi connectivity index (χ2n) is 5.91. The Bertz CT molecular complexity index is 1110. The number of fused-ring (bicyclic) bond motifs is 1. The summed E-state index contributed by atoms with van der Waals surface area (Å²) >= 11 is 9.08. The number of hydrogen-bond acceptors (Lipinski definition) is 4. The van der Waals surface area contributed by atoms with Crippen LogP contribution in [0, 0.1) is 3.57 Å². The molecule has 27 heavy (non-hydrogen) atoms. The van der Waals surface area contributed by atoms with Crippen LogP contribution in [0.25, 0.3) is 16.8 Å². The van der Waals surface area contributed by atoms with Crippen LogP contribution >= 0.6 is 46.6 Å². The summed E-state index contributed by atoms with van der Waals surface area (Å²) < 4.78 is 6.84. The Morgan fingerprint density at radius 2 is 1.89 bits per heavy atom. The van der Waals surface area contributed by atoms with Gasteiger partial charge >= 0.3 is 0 Å². The molecule has 1 saturated heterocycles. The predicted octanol–water partition coefficient (Wildman–Crippen LogP) is 5.86.